The molecule has 0 spiro atoms. The van der Waals surface area contributed by atoms with E-state index in [1.807, 2.05) is 0 Å². The first-order chi connectivity index (χ1) is 11.6. The maximum Gasteiger partial charge on any atom is 0.337 e. The van der Waals surface area contributed by atoms with Crippen LogP contribution < -0.4 is 5.73 Å². The van der Waals surface area contributed by atoms with Crippen LogP contribution in [0.25, 0.3) is 0 Å². The number of nitro benzene ring substituents is 1. The summed E-state index contributed by atoms with van der Waals surface area (Å²) < 4.78 is -1.92. The number of nitrogens with zero attached hydrogens (tertiary/aromatic N) is 2. The van der Waals surface area contributed by atoms with Gasteiger partial charge in [0.15, 0.2) is 0 Å². The number of benzene rings is 1. The molecule has 2 rings (SSSR count). The largest absolute Gasteiger partial charge is 0.481 e. The highest BCUT2D eigenvalue weighted by Crippen LogP contribution is 2.48. The van der Waals surface area contributed by atoms with Crippen molar-refractivity contribution in [1.82, 2.24) is 0 Å². The van der Waals surface area contributed by atoms with E-state index in [0.717, 1.165) is 6.07 Å². The highest BCUT2D eigenvalue weighted by molar-refractivity contribution is 7.81. The van der Waals surface area contributed by atoms with Gasteiger partial charge in [0.1, 0.15) is 17.3 Å². The molecule has 1 aliphatic rings. The molecule has 132 valence electrons. The molecule has 1 aromatic rings. The number of carboxylic acids is 2. The van der Waals surface area contributed by atoms with Crippen molar-refractivity contribution in [2.75, 3.05) is 0 Å². The fraction of sp³-hybridized carbons (Fsp3) is 0.267. The lowest BCUT2D eigenvalue weighted by molar-refractivity contribution is -0.384. The van der Waals surface area contributed by atoms with Gasteiger partial charge in [-0.05, 0) is 12.0 Å². The third-order valence-electron chi connectivity index (χ3n) is 3.97. The predicted octanol–water partition coefficient (Wildman–Crippen LogP) is 1.54. The number of aliphatic imine (C=N–C) groups is 1. The molecule has 10 heteroatoms. The first-order valence-electron chi connectivity index (χ1n) is 7.15. The zero-order valence-electron chi connectivity index (χ0n) is 13.0. The third kappa shape index (κ3) is 2.95. The molecule has 0 aromatic heterocycles. The molecule has 0 radical (unpaired) electrons. The maximum absolute atomic E-state index is 11.9. The average molecular weight is 365 g/mol. The number of hydrogen-bond acceptors (Lipinski definition) is 7. The van der Waals surface area contributed by atoms with Crippen molar-refractivity contribution in [3.05, 3.63) is 51.3 Å². The van der Waals surface area contributed by atoms with Gasteiger partial charge in [0.25, 0.3) is 5.69 Å². The number of thiol groups is 1. The van der Waals surface area contributed by atoms with Gasteiger partial charge in [0.2, 0.25) is 0 Å². The summed E-state index contributed by atoms with van der Waals surface area (Å²) in [6.45, 7) is 1.65. The van der Waals surface area contributed by atoms with E-state index in [1.54, 1.807) is 6.92 Å². The molecule has 0 bridgehead atoms. The smallest absolute Gasteiger partial charge is 0.337 e. The molecule has 1 aromatic carbocycles. The van der Waals surface area contributed by atoms with E-state index in [9.17, 15) is 29.9 Å². The van der Waals surface area contributed by atoms with E-state index in [4.69, 9.17) is 5.73 Å². The first-order valence-corrected chi connectivity index (χ1v) is 7.60. The molecule has 25 heavy (non-hydrogen) atoms. The third-order valence-corrected chi connectivity index (χ3v) is 4.71. The summed E-state index contributed by atoms with van der Waals surface area (Å²) in [7, 11) is 0. The number of hydrogen-bond donors (Lipinski definition) is 4. The number of aliphatic carboxylic acids is 2. The van der Waals surface area contributed by atoms with Gasteiger partial charge >= 0.3 is 11.9 Å². The summed E-state index contributed by atoms with van der Waals surface area (Å²) >= 11 is 4.39. The SMILES string of the molecule is CCC1=NC(N)=C(C(=O)O)C(S)(c2cccc([N+](=O)[O-])c2)C1C(=O)O. The maximum atomic E-state index is 11.9. The molecule has 0 saturated carbocycles. The number of non-ortho nitro benzene ring substituents is 1. The summed E-state index contributed by atoms with van der Waals surface area (Å²) in [6.07, 6.45) is 0.196. The van der Waals surface area contributed by atoms with Crippen molar-refractivity contribution in [2.45, 2.75) is 18.1 Å². The van der Waals surface area contributed by atoms with Gasteiger partial charge < -0.3 is 15.9 Å². The summed E-state index contributed by atoms with van der Waals surface area (Å²) in [5, 5.41) is 30.3. The molecule has 9 nitrogen and oxygen atoms in total. The Morgan fingerprint density at radius 2 is 2.08 bits per heavy atom. The minimum absolute atomic E-state index is 0.0404. The molecule has 0 aliphatic carbocycles. The van der Waals surface area contributed by atoms with Gasteiger partial charge in [-0.3, -0.25) is 14.9 Å². The van der Waals surface area contributed by atoms with E-state index < -0.39 is 33.1 Å². The van der Waals surface area contributed by atoms with Crippen LogP contribution in [-0.2, 0) is 14.3 Å². The molecule has 1 aliphatic heterocycles. The molecule has 0 fully saturated rings. The van der Waals surface area contributed by atoms with Gasteiger partial charge in [-0.15, -0.1) is 0 Å². The van der Waals surface area contributed by atoms with E-state index in [0.29, 0.717) is 0 Å². The number of nitrogens with two attached hydrogens (primary N) is 1. The Morgan fingerprint density at radius 1 is 1.44 bits per heavy atom. The topological polar surface area (TPSA) is 156 Å². The number of carboxylic acid groups (broad SMARTS) is 2. The second kappa shape index (κ2) is 6.55. The van der Waals surface area contributed by atoms with Crippen LogP contribution in [0, 0.1) is 16.0 Å². The zero-order chi connectivity index (χ0) is 18.9. The normalized spacial score (nSPS) is 23.1. The molecular formula is C15H15N3O6S. The Balaban J connectivity index is 2.85. The zero-order valence-corrected chi connectivity index (χ0v) is 13.9. The predicted molar refractivity (Wildman–Crippen MR) is 91.5 cm³/mol. The van der Waals surface area contributed by atoms with Crippen LogP contribution in [0.4, 0.5) is 5.69 Å². The standard InChI is InChI=1S/C15H15N3O6S/c1-2-9-10(13(19)20)15(25,11(14(21)22)12(16)17-9)7-4-3-5-8(6-7)18(23)24/h3-6,10,25H,2,16H2,1H3,(H,19,20)(H,21,22). The molecular weight excluding hydrogens is 350 g/mol. The molecule has 0 saturated heterocycles. The monoisotopic (exact) mass is 365 g/mol. The van der Waals surface area contributed by atoms with Crippen LogP contribution in [-0.4, -0.2) is 32.8 Å². The van der Waals surface area contributed by atoms with Gasteiger partial charge in [-0.25, -0.2) is 9.79 Å². The molecule has 0 amide bonds. The van der Waals surface area contributed by atoms with Gasteiger partial charge in [0, 0.05) is 17.8 Å². The van der Waals surface area contributed by atoms with Gasteiger partial charge in [-0.2, -0.15) is 12.6 Å². The Kier molecular flexibility index (Phi) is 4.84. The average Bonchev–Trinajstić information content (AvgIpc) is 2.53. The number of rotatable bonds is 5. The lowest BCUT2D eigenvalue weighted by Crippen LogP contribution is -2.47. The van der Waals surface area contributed by atoms with Crippen molar-refractivity contribution in [2.24, 2.45) is 16.6 Å². The summed E-state index contributed by atoms with van der Waals surface area (Å²) in [5.74, 6) is -4.66. The molecule has 2 atom stereocenters. The van der Waals surface area contributed by atoms with Crippen LogP contribution in [0.5, 0.6) is 0 Å². The minimum Gasteiger partial charge on any atom is -0.481 e. The summed E-state index contributed by atoms with van der Waals surface area (Å²) in [6, 6.07) is 5.02. The Morgan fingerprint density at radius 3 is 2.56 bits per heavy atom. The number of nitro groups is 1. The van der Waals surface area contributed by atoms with Crippen LogP contribution >= 0.6 is 12.6 Å². The lowest BCUT2D eigenvalue weighted by atomic mass is 9.74. The van der Waals surface area contributed by atoms with Crippen molar-refractivity contribution in [3.63, 3.8) is 0 Å². The van der Waals surface area contributed by atoms with Crippen LogP contribution in [0.3, 0.4) is 0 Å². The van der Waals surface area contributed by atoms with Crippen molar-refractivity contribution < 1.29 is 24.7 Å². The molecule has 4 N–H and O–H groups in total. The fourth-order valence-electron chi connectivity index (χ4n) is 2.90. The summed E-state index contributed by atoms with van der Waals surface area (Å²) in [4.78, 5) is 37.9. The molecule has 1 heterocycles. The van der Waals surface area contributed by atoms with E-state index in [1.165, 1.54) is 18.2 Å². The Labute approximate surface area is 147 Å². The van der Waals surface area contributed by atoms with E-state index >= 15 is 0 Å². The van der Waals surface area contributed by atoms with E-state index in [-0.39, 0.29) is 29.2 Å². The Bertz CT molecular complexity index is 834. The van der Waals surface area contributed by atoms with Gasteiger partial charge in [0.05, 0.1) is 9.67 Å². The quantitative estimate of drug-likeness (QED) is 0.350. The number of carbonyl (C=O) groups is 2. The van der Waals surface area contributed by atoms with Crippen LogP contribution in [0.1, 0.15) is 18.9 Å². The van der Waals surface area contributed by atoms with Crippen molar-refractivity contribution >= 4 is 36.0 Å². The minimum atomic E-state index is -1.92. The highest BCUT2D eigenvalue weighted by Gasteiger charge is 2.53. The Hall–Kier alpha value is -2.88. The van der Waals surface area contributed by atoms with Gasteiger partial charge in [-0.1, -0.05) is 19.1 Å². The van der Waals surface area contributed by atoms with Crippen molar-refractivity contribution in [1.29, 1.82) is 0 Å². The van der Waals surface area contributed by atoms with Crippen LogP contribution in [0.15, 0.2) is 40.7 Å². The molecule has 2 unspecified atom stereocenters. The van der Waals surface area contributed by atoms with E-state index in [2.05, 4.69) is 17.6 Å². The second-order valence-electron chi connectivity index (χ2n) is 5.37. The lowest BCUT2D eigenvalue weighted by Gasteiger charge is -2.38. The van der Waals surface area contributed by atoms with Crippen molar-refractivity contribution in [3.8, 4) is 0 Å². The van der Waals surface area contributed by atoms with Crippen LogP contribution in [0.2, 0.25) is 0 Å². The first kappa shape index (κ1) is 18.5. The highest BCUT2D eigenvalue weighted by atomic mass is 32.1. The summed E-state index contributed by atoms with van der Waals surface area (Å²) in [5.41, 5.74) is 5.08. The second-order valence-corrected chi connectivity index (χ2v) is 6.07. The fourth-order valence-corrected chi connectivity index (χ4v) is 3.51.